The van der Waals surface area contributed by atoms with Crippen LogP contribution in [-0.4, -0.2) is 62.6 Å². The molecule has 0 amide bonds. The van der Waals surface area contributed by atoms with E-state index in [9.17, 15) is 34.5 Å². The molecule has 4 aliphatic carbocycles. The molecule has 0 heterocycles. The monoisotopic (exact) mass is 530 g/mol. The molecular formula is C30H42O8. The second-order valence-corrected chi connectivity index (χ2v) is 13.2. The highest BCUT2D eigenvalue weighted by Crippen LogP contribution is 2.70. The van der Waals surface area contributed by atoms with Crippen LogP contribution in [0.1, 0.15) is 80.1 Å². The van der Waals surface area contributed by atoms with Crippen LogP contribution >= 0.6 is 0 Å². The van der Waals surface area contributed by atoms with Gasteiger partial charge in [-0.05, 0) is 62.9 Å². The molecule has 8 nitrogen and oxygen atoms in total. The first-order valence-corrected chi connectivity index (χ1v) is 13.8. The highest BCUT2D eigenvalue weighted by atomic mass is 16.4. The van der Waals surface area contributed by atoms with Gasteiger partial charge in [0.1, 0.15) is 17.7 Å². The van der Waals surface area contributed by atoms with Gasteiger partial charge in [0.05, 0.1) is 23.5 Å². The smallest absolute Gasteiger partial charge is 0.330 e. The van der Waals surface area contributed by atoms with Crippen molar-refractivity contribution in [3.05, 3.63) is 22.8 Å². The summed E-state index contributed by atoms with van der Waals surface area (Å²) in [6.07, 6.45) is 0.926. The quantitative estimate of drug-likeness (QED) is 0.383. The summed E-state index contributed by atoms with van der Waals surface area (Å²) in [6.45, 7) is 10.2. The van der Waals surface area contributed by atoms with Crippen molar-refractivity contribution in [2.24, 2.45) is 39.4 Å². The van der Waals surface area contributed by atoms with Crippen LogP contribution in [0, 0.1) is 39.4 Å². The number of aliphatic hydroxyl groups is 3. The van der Waals surface area contributed by atoms with Crippen LogP contribution in [0.15, 0.2) is 22.8 Å². The van der Waals surface area contributed by atoms with Gasteiger partial charge in [0.25, 0.3) is 0 Å². The van der Waals surface area contributed by atoms with Gasteiger partial charge in [-0.3, -0.25) is 14.4 Å². The van der Waals surface area contributed by atoms with Crippen molar-refractivity contribution >= 4 is 23.3 Å². The molecule has 9 unspecified atom stereocenters. The number of allylic oxidation sites excluding steroid dienone is 1. The maximum atomic E-state index is 14.1. The molecule has 8 heteroatoms. The number of fused-ring (bicyclic) bond motifs is 4. The van der Waals surface area contributed by atoms with Gasteiger partial charge < -0.3 is 20.4 Å². The van der Waals surface area contributed by atoms with E-state index in [-0.39, 0.29) is 53.8 Å². The van der Waals surface area contributed by atoms with E-state index in [1.807, 2.05) is 13.8 Å². The van der Waals surface area contributed by atoms with Crippen LogP contribution in [0.5, 0.6) is 0 Å². The van der Waals surface area contributed by atoms with Crippen molar-refractivity contribution in [1.29, 1.82) is 0 Å². The van der Waals surface area contributed by atoms with Crippen molar-refractivity contribution < 1.29 is 39.6 Å². The molecule has 0 radical (unpaired) electrons. The van der Waals surface area contributed by atoms with E-state index in [4.69, 9.17) is 5.11 Å². The Kier molecular flexibility index (Phi) is 6.98. The molecule has 4 N–H and O–H groups in total. The number of carboxylic acid groups (broad SMARTS) is 1. The Morgan fingerprint density at radius 3 is 2.32 bits per heavy atom. The lowest BCUT2D eigenvalue weighted by atomic mass is 9.42. The first kappa shape index (κ1) is 28.8. The Bertz CT molecular complexity index is 1150. The minimum Gasteiger partial charge on any atom is -0.478 e. The fourth-order valence-electron chi connectivity index (χ4n) is 8.82. The number of ketones is 3. The van der Waals surface area contributed by atoms with Gasteiger partial charge in [-0.1, -0.05) is 33.8 Å². The van der Waals surface area contributed by atoms with E-state index in [1.54, 1.807) is 26.8 Å². The number of carboxylic acids is 1. The molecule has 0 saturated heterocycles. The molecule has 0 aliphatic heterocycles. The minimum atomic E-state index is -1.47. The number of rotatable bonds is 6. The summed E-state index contributed by atoms with van der Waals surface area (Å²) >= 11 is 0. The van der Waals surface area contributed by atoms with E-state index < -0.39 is 58.1 Å². The van der Waals surface area contributed by atoms with E-state index >= 15 is 0 Å². The lowest BCUT2D eigenvalue weighted by Gasteiger charge is -2.61. The highest BCUT2D eigenvalue weighted by molar-refractivity contribution is 6.08. The SMILES string of the molecule is CC(=CCCC(C)C1CC(=O)C2(C)C3=C(C(=O)C(O)C12C)C1(C)CCC(=O)C(C)(CO)C1CC3O)C(=O)O. The van der Waals surface area contributed by atoms with Crippen molar-refractivity contribution in [1.82, 2.24) is 0 Å². The third-order valence-corrected chi connectivity index (χ3v) is 11.5. The van der Waals surface area contributed by atoms with Gasteiger partial charge in [0.15, 0.2) is 5.78 Å². The molecule has 4 aliphatic rings. The molecule has 4 rings (SSSR count). The molecule has 0 spiro atoms. The second kappa shape index (κ2) is 9.20. The van der Waals surface area contributed by atoms with E-state index in [2.05, 4.69) is 0 Å². The van der Waals surface area contributed by atoms with E-state index in [0.29, 0.717) is 24.8 Å². The average molecular weight is 531 g/mol. The van der Waals surface area contributed by atoms with Crippen LogP contribution in [0.4, 0.5) is 0 Å². The molecule has 0 aromatic carbocycles. The Balaban J connectivity index is 1.82. The number of Topliss-reactive ketones (excluding diaryl/α,β-unsaturated/α-hetero) is 3. The lowest BCUT2D eigenvalue weighted by molar-refractivity contribution is -0.161. The number of hydrogen-bond donors (Lipinski definition) is 4. The summed E-state index contributed by atoms with van der Waals surface area (Å²) in [5, 5.41) is 42.7. The summed E-state index contributed by atoms with van der Waals surface area (Å²) in [5.41, 5.74) is -3.50. The van der Waals surface area contributed by atoms with Crippen LogP contribution < -0.4 is 0 Å². The summed E-state index contributed by atoms with van der Waals surface area (Å²) in [6, 6.07) is 0. The minimum absolute atomic E-state index is 0.0951. The molecule has 210 valence electrons. The first-order chi connectivity index (χ1) is 17.5. The maximum Gasteiger partial charge on any atom is 0.330 e. The van der Waals surface area contributed by atoms with Gasteiger partial charge in [-0.15, -0.1) is 0 Å². The van der Waals surface area contributed by atoms with Gasteiger partial charge in [0.2, 0.25) is 0 Å². The summed E-state index contributed by atoms with van der Waals surface area (Å²) in [7, 11) is 0. The fourth-order valence-corrected chi connectivity index (χ4v) is 8.82. The largest absolute Gasteiger partial charge is 0.478 e. The normalized spacial score (nSPS) is 44.0. The second-order valence-electron chi connectivity index (χ2n) is 13.2. The fraction of sp³-hybridized carbons (Fsp3) is 0.733. The Morgan fingerprint density at radius 2 is 1.74 bits per heavy atom. The van der Waals surface area contributed by atoms with Crippen molar-refractivity contribution in [3.8, 4) is 0 Å². The average Bonchev–Trinajstić information content (AvgIpc) is 3.08. The molecule has 0 bridgehead atoms. The van der Waals surface area contributed by atoms with Gasteiger partial charge in [-0.2, -0.15) is 0 Å². The number of carbonyl (C=O) groups is 4. The molecule has 9 atom stereocenters. The Hall–Kier alpha value is -2.16. The predicted molar refractivity (Wildman–Crippen MR) is 139 cm³/mol. The standard InChI is InChI=1S/C30H42O8/c1-15(8-7-9-16(2)26(37)38)17-12-21(34)30(6)22-18(32)13-19-27(3,11-10-20(33)28(19,4)14-31)23(22)24(35)25(36)29(17,30)5/h9,15,17-19,25,31-32,36H,7-8,10-14H2,1-6H3,(H,37,38). The maximum absolute atomic E-state index is 14.1. The summed E-state index contributed by atoms with van der Waals surface area (Å²) in [4.78, 5) is 52.1. The predicted octanol–water partition coefficient (Wildman–Crippen LogP) is 3.02. The van der Waals surface area contributed by atoms with Crippen molar-refractivity contribution in [3.63, 3.8) is 0 Å². The zero-order chi connectivity index (χ0) is 28.6. The van der Waals surface area contributed by atoms with E-state index in [1.165, 1.54) is 6.92 Å². The number of aliphatic carboxylic acids is 1. The summed E-state index contributed by atoms with van der Waals surface area (Å²) < 4.78 is 0. The number of aliphatic hydroxyl groups excluding tert-OH is 3. The third-order valence-electron chi connectivity index (χ3n) is 11.5. The van der Waals surface area contributed by atoms with Crippen LogP contribution in [0.3, 0.4) is 0 Å². The number of hydrogen-bond acceptors (Lipinski definition) is 7. The zero-order valence-electron chi connectivity index (χ0n) is 23.3. The first-order valence-electron chi connectivity index (χ1n) is 13.8. The van der Waals surface area contributed by atoms with Crippen LogP contribution in [0.25, 0.3) is 0 Å². The molecular weight excluding hydrogens is 488 g/mol. The van der Waals surface area contributed by atoms with Gasteiger partial charge >= 0.3 is 5.97 Å². The zero-order valence-corrected chi connectivity index (χ0v) is 23.3. The molecule has 2 fully saturated rings. The Morgan fingerprint density at radius 1 is 1.11 bits per heavy atom. The molecule has 38 heavy (non-hydrogen) atoms. The molecule has 2 saturated carbocycles. The van der Waals surface area contributed by atoms with Crippen molar-refractivity contribution in [2.75, 3.05) is 6.61 Å². The molecule has 0 aromatic rings. The van der Waals surface area contributed by atoms with Crippen LogP contribution in [-0.2, 0) is 19.2 Å². The lowest BCUT2D eigenvalue weighted by Crippen LogP contribution is -2.65. The third kappa shape index (κ3) is 3.52. The molecule has 0 aromatic heterocycles. The van der Waals surface area contributed by atoms with Crippen molar-refractivity contribution in [2.45, 2.75) is 92.3 Å². The van der Waals surface area contributed by atoms with Gasteiger partial charge in [-0.25, -0.2) is 4.79 Å². The van der Waals surface area contributed by atoms with Crippen LogP contribution in [0.2, 0.25) is 0 Å². The summed E-state index contributed by atoms with van der Waals surface area (Å²) in [5.74, 6) is -2.64. The van der Waals surface area contributed by atoms with E-state index in [0.717, 1.165) is 0 Å². The topological polar surface area (TPSA) is 149 Å². The highest BCUT2D eigenvalue weighted by Gasteiger charge is 2.73. The number of carbonyl (C=O) groups excluding carboxylic acids is 3. The van der Waals surface area contributed by atoms with Gasteiger partial charge in [0, 0.05) is 34.8 Å². The Labute approximate surface area is 224 Å².